The van der Waals surface area contributed by atoms with Crippen molar-refractivity contribution in [2.24, 2.45) is 0 Å². The average molecular weight is 384 g/mol. The fraction of sp³-hybridized carbons (Fsp3) is 0.688. The molecule has 3 heterocycles. The molecule has 0 saturated carbocycles. The highest BCUT2D eigenvalue weighted by Gasteiger charge is 2.44. The Hall–Kier alpha value is -2.10. The van der Waals surface area contributed by atoms with Crippen LogP contribution in [0, 0.1) is 0 Å². The first-order valence-corrected chi connectivity index (χ1v) is 10.1. The minimum atomic E-state index is -3.73. The van der Waals surface area contributed by atoms with Crippen molar-refractivity contribution < 1.29 is 22.7 Å². The van der Waals surface area contributed by atoms with E-state index in [1.54, 1.807) is 37.3 Å². The van der Waals surface area contributed by atoms with E-state index in [1.807, 2.05) is 6.92 Å². The molecule has 0 bridgehead atoms. The van der Waals surface area contributed by atoms with Crippen molar-refractivity contribution in [3.05, 3.63) is 11.9 Å². The first-order chi connectivity index (χ1) is 11.9. The summed E-state index contributed by atoms with van der Waals surface area (Å²) in [6.45, 7) is 9.40. The predicted octanol–water partition coefficient (Wildman–Crippen LogP) is 1.13. The Kier molecular flexibility index (Phi) is 4.29. The zero-order chi connectivity index (χ0) is 19.4. The second-order valence-corrected chi connectivity index (χ2v) is 9.66. The fourth-order valence-electron chi connectivity index (χ4n) is 3.24. The number of rotatable bonds is 1. The van der Waals surface area contributed by atoms with Crippen LogP contribution in [0.5, 0.6) is 0 Å². The van der Waals surface area contributed by atoms with Crippen LogP contribution in [0.25, 0.3) is 0 Å². The Morgan fingerprint density at radius 3 is 2.50 bits per heavy atom. The van der Waals surface area contributed by atoms with Crippen LogP contribution < -0.4 is 4.31 Å². The molecule has 1 fully saturated rings. The Morgan fingerprint density at radius 2 is 1.96 bits per heavy atom. The van der Waals surface area contributed by atoms with Crippen LogP contribution in [0.2, 0.25) is 0 Å². The minimum Gasteiger partial charge on any atom is -0.444 e. The summed E-state index contributed by atoms with van der Waals surface area (Å²) in [4.78, 5) is 26.0. The molecule has 2 aliphatic rings. The summed E-state index contributed by atoms with van der Waals surface area (Å²) in [5.41, 5.74) is 0.305. The van der Waals surface area contributed by atoms with E-state index in [9.17, 15) is 18.0 Å². The standard InChI is InChI=1S/C16H24N4O5S/c1-10-7-19-13(8-18(10)15(22)25-16(3,4)5)12(6-17-19)20-11(2)14(21)9-26(20,23)24/h6,10-11H,7-9H2,1-5H3/t10-,11?/m0/s1. The number of hydrogen-bond donors (Lipinski definition) is 0. The molecule has 2 atom stereocenters. The predicted molar refractivity (Wildman–Crippen MR) is 94.2 cm³/mol. The van der Waals surface area contributed by atoms with Gasteiger partial charge < -0.3 is 4.74 Å². The van der Waals surface area contributed by atoms with Gasteiger partial charge in [0.1, 0.15) is 17.4 Å². The Balaban J connectivity index is 1.95. The van der Waals surface area contributed by atoms with Crippen LogP contribution in [-0.4, -0.2) is 58.4 Å². The van der Waals surface area contributed by atoms with Crippen LogP contribution in [0.15, 0.2) is 6.20 Å². The quantitative estimate of drug-likeness (QED) is 0.719. The third-order valence-electron chi connectivity index (χ3n) is 4.52. The van der Waals surface area contributed by atoms with Gasteiger partial charge in [-0.25, -0.2) is 13.2 Å². The van der Waals surface area contributed by atoms with E-state index in [-0.39, 0.29) is 18.4 Å². The summed E-state index contributed by atoms with van der Waals surface area (Å²) in [6, 6.07) is -0.928. The number of nitrogens with zero attached hydrogens (tertiary/aromatic N) is 4. The van der Waals surface area contributed by atoms with Gasteiger partial charge in [0.05, 0.1) is 36.7 Å². The highest BCUT2D eigenvalue weighted by molar-refractivity contribution is 7.94. The molecule has 0 aliphatic carbocycles. The molecule has 26 heavy (non-hydrogen) atoms. The van der Waals surface area contributed by atoms with E-state index in [1.165, 1.54) is 6.20 Å². The molecule has 0 N–H and O–H groups in total. The summed E-state index contributed by atoms with van der Waals surface area (Å²) in [5, 5.41) is 4.27. The molecule has 3 rings (SSSR count). The molecule has 0 spiro atoms. The lowest BCUT2D eigenvalue weighted by atomic mass is 10.1. The van der Waals surface area contributed by atoms with Crippen LogP contribution in [0.3, 0.4) is 0 Å². The molecule has 0 radical (unpaired) electrons. The number of anilines is 1. The van der Waals surface area contributed by atoms with Crippen molar-refractivity contribution >= 4 is 27.6 Å². The average Bonchev–Trinajstić information content (AvgIpc) is 2.94. The van der Waals surface area contributed by atoms with Gasteiger partial charge in [0, 0.05) is 0 Å². The van der Waals surface area contributed by atoms with Gasteiger partial charge in [-0.05, 0) is 34.6 Å². The maximum absolute atomic E-state index is 12.5. The lowest BCUT2D eigenvalue weighted by molar-refractivity contribution is -0.116. The SMILES string of the molecule is CC1C(=O)CS(=O)(=O)N1c1cnn2c1CN(C(=O)OC(C)(C)C)[C@@H](C)C2. The van der Waals surface area contributed by atoms with E-state index in [4.69, 9.17) is 4.74 Å². The molecule has 1 aromatic heterocycles. The minimum absolute atomic E-state index is 0.153. The second kappa shape index (κ2) is 5.97. The summed E-state index contributed by atoms with van der Waals surface area (Å²) < 4.78 is 33.1. The van der Waals surface area contributed by atoms with E-state index in [0.29, 0.717) is 17.9 Å². The lowest BCUT2D eigenvalue weighted by Crippen LogP contribution is -2.47. The zero-order valence-electron chi connectivity index (χ0n) is 15.6. The molecule has 1 unspecified atom stereocenters. The van der Waals surface area contributed by atoms with Gasteiger partial charge in [0.2, 0.25) is 10.0 Å². The highest BCUT2D eigenvalue weighted by atomic mass is 32.2. The molecule has 10 heteroatoms. The molecule has 1 aromatic rings. The second-order valence-electron chi connectivity index (χ2n) is 7.81. The number of carbonyl (C=O) groups excluding carboxylic acids is 2. The highest BCUT2D eigenvalue weighted by Crippen LogP contribution is 2.33. The number of ether oxygens (including phenoxy) is 1. The van der Waals surface area contributed by atoms with E-state index >= 15 is 0 Å². The van der Waals surface area contributed by atoms with Gasteiger partial charge in [0.25, 0.3) is 0 Å². The van der Waals surface area contributed by atoms with Gasteiger partial charge in [-0.2, -0.15) is 5.10 Å². The van der Waals surface area contributed by atoms with Gasteiger partial charge in [-0.3, -0.25) is 18.7 Å². The van der Waals surface area contributed by atoms with Crippen molar-refractivity contribution in [3.8, 4) is 0 Å². The maximum Gasteiger partial charge on any atom is 0.410 e. The Labute approximate surface area is 152 Å². The van der Waals surface area contributed by atoms with Gasteiger partial charge >= 0.3 is 6.09 Å². The largest absolute Gasteiger partial charge is 0.444 e. The first kappa shape index (κ1) is 18.7. The molecular weight excluding hydrogens is 360 g/mol. The summed E-state index contributed by atoms with van der Waals surface area (Å²) >= 11 is 0. The van der Waals surface area contributed by atoms with Crippen LogP contribution >= 0.6 is 0 Å². The number of hydrogen-bond acceptors (Lipinski definition) is 6. The molecule has 1 saturated heterocycles. The summed E-state index contributed by atoms with van der Waals surface area (Å²) in [7, 11) is -3.73. The number of aromatic nitrogens is 2. The Morgan fingerprint density at radius 1 is 1.31 bits per heavy atom. The Bertz CT molecular complexity index is 854. The first-order valence-electron chi connectivity index (χ1n) is 8.50. The van der Waals surface area contributed by atoms with Crippen molar-refractivity contribution in [1.29, 1.82) is 0 Å². The number of amides is 1. The molecule has 9 nitrogen and oxygen atoms in total. The van der Waals surface area contributed by atoms with Gasteiger partial charge in [0.15, 0.2) is 5.78 Å². The van der Waals surface area contributed by atoms with E-state index < -0.39 is 33.5 Å². The van der Waals surface area contributed by atoms with Crippen molar-refractivity contribution in [2.45, 2.75) is 65.4 Å². The molecule has 0 aromatic carbocycles. The van der Waals surface area contributed by atoms with Crippen LogP contribution in [-0.2, 0) is 32.6 Å². The molecule has 1 amide bonds. The van der Waals surface area contributed by atoms with E-state index in [0.717, 1.165) is 4.31 Å². The van der Waals surface area contributed by atoms with Crippen molar-refractivity contribution in [1.82, 2.24) is 14.7 Å². The third-order valence-corrected chi connectivity index (χ3v) is 6.29. The zero-order valence-corrected chi connectivity index (χ0v) is 16.4. The molecular formula is C16H24N4O5S. The van der Waals surface area contributed by atoms with Gasteiger partial charge in [-0.1, -0.05) is 0 Å². The normalized spacial score (nSPS) is 25.3. The van der Waals surface area contributed by atoms with Crippen molar-refractivity contribution in [2.75, 3.05) is 10.1 Å². The number of sulfonamides is 1. The maximum atomic E-state index is 12.5. The number of carbonyl (C=O) groups is 2. The third kappa shape index (κ3) is 3.17. The monoisotopic (exact) mass is 384 g/mol. The molecule has 2 aliphatic heterocycles. The number of fused-ring (bicyclic) bond motifs is 1. The number of Topliss-reactive ketones (excluding diaryl/α,β-unsaturated/α-hetero) is 1. The van der Waals surface area contributed by atoms with Gasteiger partial charge in [-0.15, -0.1) is 0 Å². The summed E-state index contributed by atoms with van der Waals surface area (Å²) in [6.07, 6.45) is 0.990. The van der Waals surface area contributed by atoms with Crippen molar-refractivity contribution in [3.63, 3.8) is 0 Å². The summed E-state index contributed by atoms with van der Waals surface area (Å²) in [5.74, 6) is -0.858. The van der Waals surface area contributed by atoms with Crippen LogP contribution in [0.4, 0.5) is 10.5 Å². The van der Waals surface area contributed by atoms with E-state index in [2.05, 4.69) is 5.10 Å². The fourth-order valence-corrected chi connectivity index (χ4v) is 5.03. The van der Waals surface area contributed by atoms with Crippen LogP contribution in [0.1, 0.15) is 40.3 Å². The topological polar surface area (TPSA) is 102 Å². The molecule has 144 valence electrons. The number of ketones is 1. The lowest BCUT2D eigenvalue weighted by Gasteiger charge is -2.36. The smallest absolute Gasteiger partial charge is 0.410 e.